The molecule has 6 amide bonds. The highest BCUT2D eigenvalue weighted by molar-refractivity contribution is 9.10. The molecule has 0 aliphatic rings. The van der Waals surface area contributed by atoms with Gasteiger partial charge in [0.05, 0.1) is 60.7 Å². The third-order valence-electron chi connectivity index (χ3n) is 9.52. The maximum Gasteiger partial charge on any atom is 0.416 e. The number of carboxylic acid groups (broad SMARTS) is 3. The first kappa shape index (κ1) is 58.4. The van der Waals surface area contributed by atoms with Crippen LogP contribution in [0.4, 0.5) is 74.9 Å². The number of aromatic carboxylic acids is 3. The Kier molecular flexibility index (Phi) is 20.1. The quantitative estimate of drug-likeness (QED) is 0.0555. The van der Waals surface area contributed by atoms with Crippen LogP contribution in [0.2, 0.25) is 15.1 Å². The molecule has 0 spiro atoms. The highest BCUT2D eigenvalue weighted by Gasteiger charge is 2.32. The van der Waals surface area contributed by atoms with E-state index in [4.69, 9.17) is 49.8 Å². The van der Waals surface area contributed by atoms with Gasteiger partial charge in [-0.15, -0.1) is 0 Å². The van der Waals surface area contributed by atoms with Gasteiger partial charge < -0.3 is 52.0 Å². The van der Waals surface area contributed by atoms with Gasteiger partial charge >= 0.3 is 48.4 Å². The summed E-state index contributed by atoms with van der Waals surface area (Å²) in [5, 5.41) is 42.2. The second kappa shape index (κ2) is 26.1. The third kappa shape index (κ3) is 17.3. The molecule has 0 saturated carbocycles. The van der Waals surface area contributed by atoms with Crippen molar-refractivity contribution in [2.24, 2.45) is 0 Å². The number of nitrogens with one attached hydrogen (secondary N) is 6. The highest BCUT2D eigenvalue weighted by atomic mass is 79.9. The molecule has 0 heterocycles. The van der Waals surface area contributed by atoms with E-state index in [1.807, 2.05) is 0 Å². The van der Waals surface area contributed by atoms with Gasteiger partial charge in [-0.25, -0.2) is 28.8 Å². The number of carbonyl (C=O) groups excluding carboxylic acids is 3. The van der Waals surface area contributed by atoms with Gasteiger partial charge in [0.2, 0.25) is 0 Å². The van der Waals surface area contributed by atoms with Gasteiger partial charge in [-0.2, -0.15) is 26.3 Å². The van der Waals surface area contributed by atoms with Crippen molar-refractivity contribution in [1.29, 1.82) is 0 Å². The number of benzene rings is 7. The fourth-order valence-electron chi connectivity index (χ4n) is 6.06. The molecule has 0 aliphatic heterocycles. The number of hydrogen-bond donors (Lipinski definition) is 9. The number of rotatable bonds is 11. The zero-order valence-corrected chi connectivity index (χ0v) is 41.8. The Bertz CT molecular complexity index is 3300. The molecule has 0 aliphatic carbocycles. The van der Waals surface area contributed by atoms with E-state index in [0.29, 0.717) is 33.6 Å². The molecule has 76 heavy (non-hydrogen) atoms. The Morgan fingerprint density at radius 1 is 0.421 bits per heavy atom. The molecular weight excluding hydrogens is 1140 g/mol. The van der Waals surface area contributed by atoms with E-state index in [9.17, 15) is 60.2 Å². The Labute approximate surface area is 448 Å². The van der Waals surface area contributed by atoms with E-state index in [2.05, 4.69) is 47.8 Å². The second-order valence-electron chi connectivity index (χ2n) is 14.9. The van der Waals surface area contributed by atoms with Crippen molar-refractivity contribution in [2.45, 2.75) is 12.4 Å². The van der Waals surface area contributed by atoms with Crippen molar-refractivity contribution >= 4 is 121 Å². The van der Waals surface area contributed by atoms with E-state index < -0.39 is 59.5 Å². The minimum atomic E-state index is -4.66. The lowest BCUT2D eigenvalue weighted by Crippen LogP contribution is -2.21. The summed E-state index contributed by atoms with van der Waals surface area (Å²) in [5.74, 6) is -3.92. The summed E-state index contributed by atoms with van der Waals surface area (Å²) < 4.78 is 83.9. The smallest absolute Gasteiger partial charge is 0.416 e. The number of hydrogen-bond acceptors (Lipinski definition) is 7. The first-order valence-electron chi connectivity index (χ1n) is 21.0. The van der Waals surface area contributed by atoms with Gasteiger partial charge in [0.1, 0.15) is 11.3 Å². The van der Waals surface area contributed by atoms with Crippen LogP contribution >= 0.6 is 50.7 Å². The summed E-state index contributed by atoms with van der Waals surface area (Å²) >= 11 is 20.8. The standard InChI is InChI=1S/C21H14BrF3N2O4.C15H10ClF3N2O3.C14H10Cl2N2O3/c22-13-6-8-14(9-7-13)26-20(30)27-16-11-12(21(23,24)25)5-10-18(16)31-17-4-2-1-3-15(17)19(28)29;16-10-6-5-8(15(17,18)19)7-12(10)21-14(24)20-11-4-2-1-3-9(11)13(22)23;15-8-5-6-10(16)12(7-8)18-14(21)17-11-4-2-1-3-9(11)13(19)20/h1-11H,(H,28,29)(H2,26,27,30);1-7H,(H,22,23)(H2,20,21,24);1-7H,(H,19,20)(H2,17,18,21). The summed E-state index contributed by atoms with van der Waals surface area (Å²) in [4.78, 5) is 69.6. The molecule has 7 aromatic carbocycles. The molecule has 0 atom stereocenters. The number of ether oxygens (including phenoxy) is 1. The predicted octanol–water partition coefficient (Wildman–Crippen LogP) is 15.6. The molecule has 0 bridgehead atoms. The zero-order chi connectivity index (χ0) is 55.9. The Hall–Kier alpha value is -8.51. The van der Waals surface area contributed by atoms with Gasteiger partial charge in [-0.1, -0.05) is 87.1 Å². The summed E-state index contributed by atoms with van der Waals surface area (Å²) in [6.45, 7) is 0. The Balaban J connectivity index is 0.000000215. The molecule has 0 saturated heterocycles. The topological polar surface area (TPSA) is 245 Å². The van der Waals surface area contributed by atoms with Gasteiger partial charge in [0.15, 0.2) is 5.75 Å². The van der Waals surface area contributed by atoms with E-state index in [1.165, 1.54) is 66.7 Å². The average Bonchev–Trinajstić information content (AvgIpc) is 3.35. The molecule has 0 fully saturated rings. The number of alkyl halides is 6. The summed E-state index contributed by atoms with van der Waals surface area (Å²) in [6.07, 6.45) is -9.25. The fourth-order valence-corrected chi connectivity index (χ4v) is 6.83. The number of carbonyl (C=O) groups is 6. The minimum Gasteiger partial charge on any atom is -0.478 e. The summed E-state index contributed by atoms with van der Waals surface area (Å²) in [7, 11) is 0. The Morgan fingerprint density at radius 2 is 0.816 bits per heavy atom. The van der Waals surface area contributed by atoms with Crippen LogP contribution < -0.4 is 36.6 Å². The van der Waals surface area contributed by atoms with Crippen LogP contribution in [-0.4, -0.2) is 51.3 Å². The van der Waals surface area contributed by atoms with Crippen LogP contribution in [0.1, 0.15) is 42.2 Å². The highest BCUT2D eigenvalue weighted by Crippen LogP contribution is 2.38. The molecule has 9 N–H and O–H groups in total. The average molecular weight is 1180 g/mol. The van der Waals surface area contributed by atoms with Crippen LogP contribution in [0.3, 0.4) is 0 Å². The predicted molar refractivity (Wildman–Crippen MR) is 277 cm³/mol. The summed E-state index contributed by atoms with van der Waals surface area (Å²) in [6, 6.07) is 31.1. The lowest BCUT2D eigenvalue weighted by molar-refractivity contribution is -0.138. The van der Waals surface area contributed by atoms with Crippen LogP contribution in [-0.2, 0) is 12.4 Å². The molecule has 16 nitrogen and oxygen atoms in total. The molecule has 0 unspecified atom stereocenters. The number of carboxylic acids is 3. The SMILES string of the molecule is O=C(Nc1cc(C(F)(F)F)ccc1Cl)Nc1ccccc1C(=O)O.O=C(Nc1cc(Cl)ccc1Cl)Nc1ccccc1C(=O)O.O=C(Nc1ccc(Br)cc1)Nc1cc(C(F)(F)F)ccc1Oc1ccccc1C(=O)O. The molecule has 394 valence electrons. The number of urea groups is 3. The van der Waals surface area contributed by atoms with E-state index >= 15 is 0 Å². The van der Waals surface area contributed by atoms with Gasteiger partial charge in [0.25, 0.3) is 0 Å². The molecular formula is C50H34BrCl3F6N6O10. The van der Waals surface area contributed by atoms with Gasteiger partial charge in [-0.05, 0) is 115 Å². The molecule has 0 radical (unpaired) electrons. The molecule has 26 heteroatoms. The van der Waals surface area contributed by atoms with Gasteiger partial charge in [-0.3, -0.25) is 0 Å². The number of halogens is 10. The molecule has 7 aromatic rings. The van der Waals surface area contributed by atoms with Crippen LogP contribution in [0, 0.1) is 0 Å². The van der Waals surface area contributed by atoms with E-state index in [1.54, 1.807) is 48.5 Å². The number of anilines is 6. The lowest BCUT2D eigenvalue weighted by Gasteiger charge is -2.16. The largest absolute Gasteiger partial charge is 0.478 e. The first-order chi connectivity index (χ1) is 35.8. The summed E-state index contributed by atoms with van der Waals surface area (Å²) in [5.41, 5.74) is -1.98. The Morgan fingerprint density at radius 3 is 1.32 bits per heavy atom. The van der Waals surface area contributed by atoms with Crippen molar-refractivity contribution in [3.8, 4) is 11.5 Å². The van der Waals surface area contributed by atoms with E-state index in [-0.39, 0.29) is 56.0 Å². The fraction of sp³-hybridized carbons (Fsp3) is 0.0400. The third-order valence-corrected chi connectivity index (χ3v) is 10.9. The lowest BCUT2D eigenvalue weighted by atomic mass is 10.1. The maximum absolute atomic E-state index is 13.2. The first-order valence-corrected chi connectivity index (χ1v) is 22.9. The number of amides is 6. The molecule has 7 rings (SSSR count). The van der Waals surface area contributed by atoms with Crippen LogP contribution in [0.5, 0.6) is 11.5 Å². The van der Waals surface area contributed by atoms with Crippen molar-refractivity contribution < 1.29 is 75.2 Å². The van der Waals surface area contributed by atoms with Crippen molar-refractivity contribution in [1.82, 2.24) is 0 Å². The van der Waals surface area contributed by atoms with Crippen molar-refractivity contribution in [3.05, 3.63) is 199 Å². The number of para-hydroxylation sites is 3. The minimum absolute atomic E-state index is 0.00871. The van der Waals surface area contributed by atoms with E-state index in [0.717, 1.165) is 28.7 Å². The van der Waals surface area contributed by atoms with Crippen LogP contribution in [0.25, 0.3) is 0 Å². The van der Waals surface area contributed by atoms with Gasteiger partial charge in [0, 0.05) is 15.2 Å². The zero-order valence-electron chi connectivity index (χ0n) is 37.9. The maximum atomic E-state index is 13.2. The van der Waals surface area contributed by atoms with Crippen molar-refractivity contribution in [3.63, 3.8) is 0 Å². The van der Waals surface area contributed by atoms with Crippen LogP contribution in [0.15, 0.2) is 156 Å². The molecule has 0 aromatic heterocycles. The normalized spacial score (nSPS) is 10.7. The second-order valence-corrected chi connectivity index (χ2v) is 17.0. The van der Waals surface area contributed by atoms with Crippen molar-refractivity contribution in [2.75, 3.05) is 31.9 Å². The monoisotopic (exact) mass is 1180 g/mol.